The van der Waals surface area contributed by atoms with Crippen molar-refractivity contribution in [3.05, 3.63) is 10.6 Å². The van der Waals surface area contributed by atoms with Crippen LogP contribution in [0.3, 0.4) is 0 Å². The second kappa shape index (κ2) is 3.82. The first-order valence-electron chi connectivity index (χ1n) is 2.85. The number of halogens is 1. The lowest BCUT2D eigenvalue weighted by Crippen LogP contribution is -1.94. The van der Waals surface area contributed by atoms with Gasteiger partial charge >= 0.3 is 0 Å². The van der Waals surface area contributed by atoms with Crippen LogP contribution in [0.4, 0.5) is 5.13 Å². The molecule has 5 heteroatoms. The zero-order valence-corrected chi connectivity index (χ0v) is 8.78. The van der Waals surface area contributed by atoms with Crippen LogP contribution in [0.5, 0.6) is 0 Å². The van der Waals surface area contributed by atoms with Gasteiger partial charge in [-0.05, 0) is 6.92 Å². The van der Waals surface area contributed by atoms with Crippen molar-refractivity contribution in [2.75, 3.05) is 5.73 Å². The Bertz CT molecular complexity index is 272. The van der Waals surface area contributed by atoms with Gasteiger partial charge in [0, 0.05) is 11.8 Å². The van der Waals surface area contributed by atoms with Gasteiger partial charge in [0.15, 0.2) is 10.9 Å². The fourth-order valence-corrected chi connectivity index (χ4v) is 1.48. The lowest BCUT2D eigenvalue weighted by Gasteiger charge is -1.85. The number of hydrogen-bond donors (Lipinski definition) is 1. The standard InChI is InChI=1S/C6H8N2OS.BrH/c1-3(9)5-4(2)10-6(7)8-5;/h1-2H3,(H2,7,8);1H. The largest absolute Gasteiger partial charge is 0.375 e. The van der Waals surface area contributed by atoms with Crippen molar-refractivity contribution in [1.29, 1.82) is 0 Å². The van der Waals surface area contributed by atoms with Crippen LogP contribution >= 0.6 is 28.3 Å². The quantitative estimate of drug-likeness (QED) is 0.758. The minimum Gasteiger partial charge on any atom is -0.375 e. The number of carbonyl (C=O) groups excluding carboxylic acids is 1. The summed E-state index contributed by atoms with van der Waals surface area (Å²) in [6.07, 6.45) is 0. The fourth-order valence-electron chi connectivity index (χ4n) is 0.744. The smallest absolute Gasteiger partial charge is 0.180 e. The van der Waals surface area contributed by atoms with E-state index in [4.69, 9.17) is 5.73 Å². The maximum Gasteiger partial charge on any atom is 0.180 e. The van der Waals surface area contributed by atoms with E-state index in [1.165, 1.54) is 18.3 Å². The molecule has 0 bridgehead atoms. The topological polar surface area (TPSA) is 56.0 Å². The molecule has 0 aliphatic carbocycles. The van der Waals surface area contributed by atoms with Gasteiger partial charge in [-0.2, -0.15) is 0 Å². The number of hydrogen-bond acceptors (Lipinski definition) is 4. The van der Waals surface area contributed by atoms with Crippen molar-refractivity contribution in [1.82, 2.24) is 4.98 Å². The van der Waals surface area contributed by atoms with Crippen molar-refractivity contribution in [3.63, 3.8) is 0 Å². The van der Waals surface area contributed by atoms with Crippen molar-refractivity contribution < 1.29 is 4.79 Å². The second-order valence-corrected chi connectivity index (χ2v) is 3.25. The van der Waals surface area contributed by atoms with E-state index >= 15 is 0 Å². The molecule has 0 aliphatic rings. The Morgan fingerprint density at radius 1 is 1.64 bits per heavy atom. The molecular formula is C6H9BrN2OS. The first-order chi connectivity index (χ1) is 4.61. The molecule has 62 valence electrons. The van der Waals surface area contributed by atoms with E-state index in [0.29, 0.717) is 10.8 Å². The highest BCUT2D eigenvalue weighted by atomic mass is 79.9. The number of nitrogens with two attached hydrogens (primary N) is 1. The van der Waals surface area contributed by atoms with Gasteiger partial charge in [-0.25, -0.2) is 4.98 Å². The number of thiazole rings is 1. The number of Topliss-reactive ketones (excluding diaryl/α,β-unsaturated/α-hetero) is 1. The number of ketones is 1. The summed E-state index contributed by atoms with van der Waals surface area (Å²) < 4.78 is 0. The number of anilines is 1. The molecule has 2 N–H and O–H groups in total. The maximum absolute atomic E-state index is 10.8. The number of rotatable bonds is 1. The van der Waals surface area contributed by atoms with Gasteiger partial charge in [0.1, 0.15) is 5.69 Å². The second-order valence-electron chi connectivity index (χ2n) is 2.01. The Morgan fingerprint density at radius 3 is 2.36 bits per heavy atom. The minimum atomic E-state index is -0.0227. The van der Waals surface area contributed by atoms with Crippen molar-refractivity contribution in [2.45, 2.75) is 13.8 Å². The van der Waals surface area contributed by atoms with Gasteiger partial charge in [-0.15, -0.1) is 28.3 Å². The van der Waals surface area contributed by atoms with Gasteiger partial charge in [-0.1, -0.05) is 0 Å². The Hall–Kier alpha value is -0.420. The summed E-state index contributed by atoms with van der Waals surface area (Å²) in [6, 6.07) is 0. The van der Waals surface area contributed by atoms with Gasteiger partial charge in [0.2, 0.25) is 0 Å². The maximum atomic E-state index is 10.8. The van der Waals surface area contributed by atoms with Crippen LogP contribution < -0.4 is 5.73 Å². The van der Waals surface area contributed by atoms with Crippen LogP contribution in [0.1, 0.15) is 22.3 Å². The molecule has 0 aliphatic heterocycles. The summed E-state index contributed by atoms with van der Waals surface area (Å²) in [5, 5.41) is 0.461. The number of carbonyl (C=O) groups is 1. The molecule has 11 heavy (non-hydrogen) atoms. The number of aromatic nitrogens is 1. The lowest BCUT2D eigenvalue weighted by molar-refractivity contribution is 0.101. The highest BCUT2D eigenvalue weighted by Gasteiger charge is 2.08. The molecule has 0 saturated heterocycles. The van der Waals surface area contributed by atoms with Gasteiger partial charge in [0.05, 0.1) is 0 Å². The molecular weight excluding hydrogens is 228 g/mol. The fraction of sp³-hybridized carbons (Fsp3) is 0.333. The van der Waals surface area contributed by atoms with E-state index in [9.17, 15) is 4.79 Å². The van der Waals surface area contributed by atoms with Crippen molar-refractivity contribution in [2.24, 2.45) is 0 Å². The number of nitrogens with zero attached hydrogens (tertiary/aromatic N) is 1. The van der Waals surface area contributed by atoms with Crippen LogP contribution in [0.2, 0.25) is 0 Å². The van der Waals surface area contributed by atoms with Crippen LogP contribution in [0, 0.1) is 6.92 Å². The van der Waals surface area contributed by atoms with Gasteiger partial charge in [0.25, 0.3) is 0 Å². The zero-order chi connectivity index (χ0) is 7.72. The summed E-state index contributed by atoms with van der Waals surface area (Å²) in [7, 11) is 0. The first kappa shape index (κ1) is 10.6. The first-order valence-corrected chi connectivity index (χ1v) is 3.66. The zero-order valence-electron chi connectivity index (χ0n) is 6.25. The van der Waals surface area contributed by atoms with E-state index in [1.807, 2.05) is 6.92 Å². The molecule has 0 atom stereocenters. The predicted molar refractivity (Wildman–Crippen MR) is 51.6 cm³/mol. The predicted octanol–water partition coefficient (Wildman–Crippen LogP) is 1.81. The van der Waals surface area contributed by atoms with Crippen LogP contribution in [0.15, 0.2) is 0 Å². The van der Waals surface area contributed by atoms with E-state index in [1.54, 1.807) is 0 Å². The summed E-state index contributed by atoms with van der Waals surface area (Å²) in [5.41, 5.74) is 5.87. The molecule has 0 spiro atoms. The molecule has 0 unspecified atom stereocenters. The highest BCUT2D eigenvalue weighted by Crippen LogP contribution is 2.18. The lowest BCUT2D eigenvalue weighted by atomic mass is 10.3. The average Bonchev–Trinajstić information content (AvgIpc) is 2.10. The SMILES string of the molecule is Br.CC(=O)c1nc(N)sc1C. The third-order valence-corrected chi connectivity index (χ3v) is 1.95. The third-order valence-electron chi connectivity index (χ3n) is 1.15. The average molecular weight is 237 g/mol. The molecule has 0 amide bonds. The Kier molecular flexibility index (Phi) is 3.68. The van der Waals surface area contributed by atoms with Crippen LogP contribution in [0.25, 0.3) is 0 Å². The summed E-state index contributed by atoms with van der Waals surface area (Å²) in [5.74, 6) is -0.0227. The van der Waals surface area contributed by atoms with E-state index < -0.39 is 0 Å². The van der Waals surface area contributed by atoms with Crippen molar-refractivity contribution >= 4 is 39.2 Å². The van der Waals surface area contributed by atoms with E-state index in [2.05, 4.69) is 4.98 Å². The Morgan fingerprint density at radius 2 is 2.18 bits per heavy atom. The van der Waals surface area contributed by atoms with Gasteiger partial charge in [-0.3, -0.25) is 4.79 Å². The van der Waals surface area contributed by atoms with Gasteiger partial charge < -0.3 is 5.73 Å². The summed E-state index contributed by atoms with van der Waals surface area (Å²) in [4.78, 5) is 15.5. The molecule has 0 radical (unpaired) electrons. The third kappa shape index (κ3) is 2.27. The molecule has 3 nitrogen and oxygen atoms in total. The van der Waals surface area contributed by atoms with Crippen molar-refractivity contribution in [3.8, 4) is 0 Å². The summed E-state index contributed by atoms with van der Waals surface area (Å²) in [6.45, 7) is 3.33. The summed E-state index contributed by atoms with van der Waals surface area (Å²) >= 11 is 1.34. The molecule has 1 aromatic heterocycles. The molecule has 0 fully saturated rings. The van der Waals surface area contributed by atoms with E-state index in [0.717, 1.165) is 4.88 Å². The molecule has 1 aromatic rings. The van der Waals surface area contributed by atoms with E-state index in [-0.39, 0.29) is 22.8 Å². The molecule has 0 saturated carbocycles. The van der Waals surface area contributed by atoms with Crippen LogP contribution in [-0.4, -0.2) is 10.8 Å². The number of aryl methyl sites for hydroxylation is 1. The monoisotopic (exact) mass is 236 g/mol. The number of nitrogen functional groups attached to an aromatic ring is 1. The molecule has 1 rings (SSSR count). The Balaban J connectivity index is 0.000001000. The molecule has 1 heterocycles. The van der Waals surface area contributed by atoms with Crippen LogP contribution in [-0.2, 0) is 0 Å². The normalized spacial score (nSPS) is 8.91. The minimum absolute atomic E-state index is 0. The Labute approximate surface area is 79.4 Å². The molecule has 0 aromatic carbocycles. The highest BCUT2D eigenvalue weighted by molar-refractivity contribution is 8.93.